The number of rotatable bonds is 5. The molecule has 0 bridgehead atoms. The number of amides is 4. The highest BCUT2D eigenvalue weighted by Crippen LogP contribution is 2.30. The first-order valence-corrected chi connectivity index (χ1v) is 9.84. The number of nitrogens with two attached hydrogens (primary N) is 1. The minimum Gasteiger partial charge on any atom is -0.393 e. The molecule has 1 saturated carbocycles. The SMILES string of the molecule is N[C@H]1C[C@H](CNCc2cccc3c2C(=O)N(C2CCC(=O)NC2=O)C3=O)[C@H](O)C1. The van der Waals surface area contributed by atoms with Gasteiger partial charge in [0.15, 0.2) is 0 Å². The molecule has 0 radical (unpaired) electrons. The van der Waals surface area contributed by atoms with Crippen molar-refractivity contribution in [1.29, 1.82) is 0 Å². The Morgan fingerprint density at radius 1 is 1.17 bits per heavy atom. The zero-order chi connectivity index (χ0) is 20.7. The van der Waals surface area contributed by atoms with E-state index in [-0.39, 0.29) is 30.4 Å². The standard InChI is InChI=1S/C20H24N4O5/c21-12-6-11(15(25)7-12)9-22-8-10-2-1-3-13-17(10)20(29)24(19(13)28)14-4-5-16(26)23-18(14)27/h1-3,11-12,14-15,22,25H,4-9,21H2,(H,23,26,27)/t11-,12+,14?,15-/m1/s1. The summed E-state index contributed by atoms with van der Waals surface area (Å²) in [5, 5.41) is 15.5. The molecule has 1 unspecified atom stereocenters. The first kappa shape index (κ1) is 19.7. The van der Waals surface area contributed by atoms with E-state index in [1.165, 1.54) is 0 Å². The van der Waals surface area contributed by atoms with E-state index in [9.17, 15) is 24.3 Å². The largest absolute Gasteiger partial charge is 0.393 e. The van der Waals surface area contributed by atoms with Crippen molar-refractivity contribution in [2.45, 2.75) is 50.4 Å². The highest BCUT2D eigenvalue weighted by Gasteiger charge is 2.45. The van der Waals surface area contributed by atoms with E-state index in [4.69, 9.17) is 5.73 Å². The van der Waals surface area contributed by atoms with Crippen molar-refractivity contribution in [3.63, 3.8) is 0 Å². The molecule has 1 aromatic carbocycles. The monoisotopic (exact) mass is 400 g/mol. The Kier molecular flexibility index (Phi) is 5.20. The van der Waals surface area contributed by atoms with E-state index >= 15 is 0 Å². The van der Waals surface area contributed by atoms with E-state index in [0.717, 1.165) is 11.3 Å². The molecule has 1 aromatic rings. The number of hydrogen-bond donors (Lipinski definition) is 4. The Morgan fingerprint density at radius 2 is 1.97 bits per heavy atom. The minimum absolute atomic E-state index is 0.000878. The van der Waals surface area contributed by atoms with Crippen LogP contribution in [0.1, 0.15) is 52.0 Å². The average molecular weight is 400 g/mol. The summed E-state index contributed by atoms with van der Waals surface area (Å²) < 4.78 is 0. The Morgan fingerprint density at radius 3 is 2.66 bits per heavy atom. The smallest absolute Gasteiger partial charge is 0.262 e. The number of carbonyl (C=O) groups is 4. The molecule has 0 spiro atoms. The van der Waals surface area contributed by atoms with Crippen LogP contribution in [0.3, 0.4) is 0 Å². The average Bonchev–Trinajstić information content (AvgIpc) is 3.12. The maximum atomic E-state index is 13.0. The summed E-state index contributed by atoms with van der Waals surface area (Å²) in [6.45, 7) is 0.904. The van der Waals surface area contributed by atoms with Crippen LogP contribution in [-0.2, 0) is 16.1 Å². The number of piperidine rings is 1. The van der Waals surface area contributed by atoms with Crippen LogP contribution in [0, 0.1) is 5.92 Å². The summed E-state index contributed by atoms with van der Waals surface area (Å²) in [4.78, 5) is 50.4. The lowest BCUT2D eigenvalue weighted by Gasteiger charge is -2.27. The van der Waals surface area contributed by atoms with Gasteiger partial charge in [0.25, 0.3) is 11.8 Å². The fourth-order valence-electron chi connectivity index (χ4n) is 4.49. The topological polar surface area (TPSA) is 142 Å². The normalized spacial score (nSPS) is 29.4. The van der Waals surface area contributed by atoms with Gasteiger partial charge < -0.3 is 16.2 Å². The molecule has 9 heteroatoms. The summed E-state index contributed by atoms with van der Waals surface area (Å²) in [6.07, 6.45) is 1.10. The number of aliphatic hydroxyl groups is 1. The zero-order valence-corrected chi connectivity index (χ0v) is 15.9. The molecule has 4 rings (SSSR count). The summed E-state index contributed by atoms with van der Waals surface area (Å²) >= 11 is 0. The lowest BCUT2D eigenvalue weighted by Crippen LogP contribution is -2.54. The second kappa shape index (κ2) is 7.66. The van der Waals surface area contributed by atoms with Crippen molar-refractivity contribution in [3.05, 3.63) is 34.9 Å². The minimum atomic E-state index is -0.976. The van der Waals surface area contributed by atoms with Crippen molar-refractivity contribution in [3.8, 4) is 0 Å². The van der Waals surface area contributed by atoms with Gasteiger partial charge in [0, 0.05) is 25.6 Å². The first-order valence-electron chi connectivity index (χ1n) is 9.84. The van der Waals surface area contributed by atoms with Gasteiger partial charge in [-0.3, -0.25) is 29.4 Å². The molecular formula is C20H24N4O5. The van der Waals surface area contributed by atoms with Crippen molar-refractivity contribution in [2.24, 2.45) is 11.7 Å². The van der Waals surface area contributed by atoms with Gasteiger partial charge in [0.1, 0.15) is 6.04 Å². The summed E-state index contributed by atoms with van der Waals surface area (Å²) in [6, 6.07) is 4.07. The predicted octanol–water partition coefficient (Wildman–Crippen LogP) is -0.724. The lowest BCUT2D eigenvalue weighted by molar-refractivity contribution is -0.136. The molecule has 29 heavy (non-hydrogen) atoms. The molecule has 1 saturated heterocycles. The molecule has 154 valence electrons. The van der Waals surface area contributed by atoms with E-state index in [2.05, 4.69) is 10.6 Å². The van der Waals surface area contributed by atoms with Gasteiger partial charge in [0.05, 0.1) is 17.2 Å². The number of fused-ring (bicyclic) bond motifs is 1. The maximum Gasteiger partial charge on any atom is 0.262 e. The number of hydrogen-bond acceptors (Lipinski definition) is 7. The van der Waals surface area contributed by atoms with Crippen LogP contribution >= 0.6 is 0 Å². The summed E-state index contributed by atoms with van der Waals surface area (Å²) in [7, 11) is 0. The second-order valence-corrected chi connectivity index (χ2v) is 7.98. The number of carbonyl (C=O) groups excluding carboxylic acids is 4. The number of benzene rings is 1. The Bertz CT molecular complexity index is 886. The molecule has 4 atom stereocenters. The number of aliphatic hydroxyl groups excluding tert-OH is 1. The third-order valence-corrected chi connectivity index (χ3v) is 5.97. The van der Waals surface area contributed by atoms with Gasteiger partial charge in [-0.25, -0.2) is 0 Å². The van der Waals surface area contributed by atoms with E-state index in [1.807, 2.05) is 0 Å². The second-order valence-electron chi connectivity index (χ2n) is 7.98. The quantitative estimate of drug-likeness (QED) is 0.478. The molecule has 2 aliphatic heterocycles. The highest BCUT2D eigenvalue weighted by molar-refractivity contribution is 6.24. The van der Waals surface area contributed by atoms with Crippen LogP contribution in [0.15, 0.2) is 18.2 Å². The molecule has 0 aromatic heterocycles. The van der Waals surface area contributed by atoms with Crippen LogP contribution in [0.4, 0.5) is 0 Å². The van der Waals surface area contributed by atoms with Gasteiger partial charge in [-0.2, -0.15) is 0 Å². The van der Waals surface area contributed by atoms with Gasteiger partial charge >= 0.3 is 0 Å². The molecule has 2 fully saturated rings. The van der Waals surface area contributed by atoms with Crippen LogP contribution < -0.4 is 16.4 Å². The summed E-state index contributed by atoms with van der Waals surface area (Å²) in [5.41, 5.74) is 7.10. The van der Waals surface area contributed by atoms with Crippen LogP contribution in [0.5, 0.6) is 0 Å². The molecule has 1 aliphatic carbocycles. The molecular weight excluding hydrogens is 376 g/mol. The fourth-order valence-corrected chi connectivity index (χ4v) is 4.49. The fraction of sp³-hybridized carbons (Fsp3) is 0.500. The lowest BCUT2D eigenvalue weighted by atomic mass is 10.0. The Hall–Kier alpha value is -2.62. The Labute approximate surface area is 167 Å². The highest BCUT2D eigenvalue weighted by atomic mass is 16.3. The van der Waals surface area contributed by atoms with Gasteiger partial charge in [-0.1, -0.05) is 12.1 Å². The van der Waals surface area contributed by atoms with Crippen molar-refractivity contribution < 1.29 is 24.3 Å². The van der Waals surface area contributed by atoms with Crippen LogP contribution in [-0.4, -0.2) is 58.4 Å². The van der Waals surface area contributed by atoms with E-state index in [0.29, 0.717) is 30.6 Å². The molecule has 9 nitrogen and oxygen atoms in total. The van der Waals surface area contributed by atoms with Gasteiger partial charge in [-0.05, 0) is 36.8 Å². The molecule has 4 amide bonds. The number of nitrogens with one attached hydrogen (secondary N) is 2. The van der Waals surface area contributed by atoms with Gasteiger partial charge in [-0.15, -0.1) is 0 Å². The Balaban J connectivity index is 1.49. The van der Waals surface area contributed by atoms with E-state index < -0.39 is 35.8 Å². The van der Waals surface area contributed by atoms with Crippen LogP contribution in [0.2, 0.25) is 0 Å². The number of imide groups is 2. The first-order chi connectivity index (χ1) is 13.9. The van der Waals surface area contributed by atoms with Crippen molar-refractivity contribution in [1.82, 2.24) is 15.5 Å². The summed E-state index contributed by atoms with van der Waals surface area (Å²) in [5.74, 6) is -2.00. The molecule has 3 aliphatic rings. The zero-order valence-electron chi connectivity index (χ0n) is 15.9. The molecule has 5 N–H and O–H groups in total. The van der Waals surface area contributed by atoms with Crippen molar-refractivity contribution >= 4 is 23.6 Å². The van der Waals surface area contributed by atoms with Gasteiger partial charge in [0.2, 0.25) is 11.8 Å². The van der Waals surface area contributed by atoms with E-state index in [1.54, 1.807) is 18.2 Å². The number of nitrogens with zero attached hydrogens (tertiary/aromatic N) is 1. The van der Waals surface area contributed by atoms with Crippen molar-refractivity contribution in [2.75, 3.05) is 6.54 Å². The maximum absolute atomic E-state index is 13.0. The predicted molar refractivity (Wildman–Crippen MR) is 102 cm³/mol. The van der Waals surface area contributed by atoms with Crippen LogP contribution in [0.25, 0.3) is 0 Å². The third-order valence-electron chi connectivity index (χ3n) is 5.97. The third kappa shape index (κ3) is 3.57. The molecule has 2 heterocycles.